The zero-order valence-corrected chi connectivity index (χ0v) is 15.1. The van der Waals surface area contributed by atoms with Crippen molar-refractivity contribution in [3.63, 3.8) is 0 Å². The second-order valence-corrected chi connectivity index (χ2v) is 7.25. The van der Waals surface area contributed by atoms with Gasteiger partial charge in [0.1, 0.15) is 11.2 Å². The van der Waals surface area contributed by atoms with Gasteiger partial charge >= 0.3 is 0 Å². The molecular formula is C19H19ClN4O2. The predicted molar refractivity (Wildman–Crippen MR) is 102 cm³/mol. The van der Waals surface area contributed by atoms with E-state index >= 15 is 0 Å². The molecule has 0 spiro atoms. The number of carbonyl (C=O) groups is 1. The minimum atomic E-state index is -0.190. The number of nitrogens with zero attached hydrogens (tertiary/aromatic N) is 2. The third-order valence-corrected chi connectivity index (χ3v) is 5.23. The number of halogens is 1. The van der Waals surface area contributed by atoms with Gasteiger partial charge in [0.25, 0.3) is 5.56 Å². The van der Waals surface area contributed by atoms with Gasteiger partial charge in [-0.25, -0.2) is 0 Å². The molecule has 2 unspecified atom stereocenters. The van der Waals surface area contributed by atoms with E-state index in [2.05, 4.69) is 17.2 Å². The number of Topliss-reactive ketones (excluding diaryl/α,β-unsaturated/α-hetero) is 1. The Morgan fingerprint density at radius 1 is 1.23 bits per heavy atom. The van der Waals surface area contributed by atoms with Crippen molar-refractivity contribution in [2.24, 2.45) is 5.92 Å². The predicted octanol–water partition coefficient (Wildman–Crippen LogP) is 4.05. The van der Waals surface area contributed by atoms with Crippen LogP contribution >= 0.6 is 11.6 Å². The lowest BCUT2D eigenvalue weighted by atomic mass is 9.85. The highest BCUT2D eigenvalue weighted by molar-refractivity contribution is 6.30. The molecule has 26 heavy (non-hydrogen) atoms. The van der Waals surface area contributed by atoms with Gasteiger partial charge in [0.15, 0.2) is 5.82 Å². The lowest BCUT2D eigenvalue weighted by Crippen LogP contribution is -2.26. The van der Waals surface area contributed by atoms with E-state index in [0.717, 1.165) is 17.6 Å². The van der Waals surface area contributed by atoms with Gasteiger partial charge in [-0.05, 0) is 42.7 Å². The second kappa shape index (κ2) is 6.61. The van der Waals surface area contributed by atoms with E-state index in [0.29, 0.717) is 34.9 Å². The molecule has 1 fully saturated rings. The van der Waals surface area contributed by atoms with Crippen molar-refractivity contribution >= 4 is 39.8 Å². The van der Waals surface area contributed by atoms with Crippen LogP contribution in [0.1, 0.15) is 32.2 Å². The van der Waals surface area contributed by atoms with Crippen molar-refractivity contribution < 1.29 is 4.79 Å². The number of carbonyl (C=O) groups excluding carboxylic acids is 1. The molecule has 1 aliphatic carbocycles. The molecular weight excluding hydrogens is 352 g/mol. The number of benzene rings is 1. The van der Waals surface area contributed by atoms with Crippen molar-refractivity contribution in [1.29, 1.82) is 0 Å². The van der Waals surface area contributed by atoms with Crippen LogP contribution in [0.15, 0.2) is 41.3 Å². The first-order valence-electron chi connectivity index (χ1n) is 8.67. The highest BCUT2D eigenvalue weighted by atomic mass is 35.5. The van der Waals surface area contributed by atoms with Gasteiger partial charge in [0.05, 0.1) is 11.6 Å². The standard InChI is InChI=1S/C19H19ClN4O2/c1-11-10-14(25)6-7-15(11)24-16-8-9-21-19(26)17(16)18(23-24)22-13-4-2-12(20)3-5-13/h2-5,8-9,11,15H,6-7,10H2,1H3,(H,21,26)(H,22,23). The molecule has 2 atom stereocenters. The number of hydrogen-bond acceptors (Lipinski definition) is 4. The summed E-state index contributed by atoms with van der Waals surface area (Å²) in [6.07, 6.45) is 3.48. The second-order valence-electron chi connectivity index (χ2n) is 6.82. The minimum absolute atomic E-state index is 0.0952. The molecule has 0 bridgehead atoms. The molecule has 7 heteroatoms. The summed E-state index contributed by atoms with van der Waals surface area (Å²) in [4.78, 5) is 26.9. The molecule has 3 aromatic rings. The third kappa shape index (κ3) is 3.01. The van der Waals surface area contributed by atoms with Crippen LogP contribution in [-0.2, 0) is 4.79 Å². The number of rotatable bonds is 3. The summed E-state index contributed by atoms with van der Waals surface area (Å²) in [7, 11) is 0. The molecule has 2 heterocycles. The number of anilines is 2. The summed E-state index contributed by atoms with van der Waals surface area (Å²) in [5.74, 6) is 0.984. The van der Waals surface area contributed by atoms with E-state index in [-0.39, 0.29) is 17.5 Å². The van der Waals surface area contributed by atoms with Gasteiger partial charge < -0.3 is 10.3 Å². The molecule has 6 nitrogen and oxygen atoms in total. The third-order valence-electron chi connectivity index (χ3n) is 4.98. The molecule has 1 saturated carbocycles. The molecule has 4 rings (SSSR count). The number of aromatic amines is 1. The van der Waals surface area contributed by atoms with Crippen LogP contribution in [0.3, 0.4) is 0 Å². The van der Waals surface area contributed by atoms with Crippen LogP contribution in [-0.4, -0.2) is 20.5 Å². The lowest BCUT2D eigenvalue weighted by molar-refractivity contribution is -0.122. The average Bonchev–Trinajstić information content (AvgIpc) is 2.97. The number of H-pyrrole nitrogens is 1. The van der Waals surface area contributed by atoms with Gasteiger partial charge in [-0.1, -0.05) is 18.5 Å². The van der Waals surface area contributed by atoms with Gasteiger partial charge in [0.2, 0.25) is 0 Å². The number of pyridine rings is 1. The number of ketones is 1. The first-order chi connectivity index (χ1) is 12.5. The highest BCUT2D eigenvalue weighted by Gasteiger charge is 2.30. The van der Waals surface area contributed by atoms with Crippen LogP contribution in [0.2, 0.25) is 5.02 Å². The van der Waals surface area contributed by atoms with Crippen molar-refractivity contribution in [2.75, 3.05) is 5.32 Å². The van der Waals surface area contributed by atoms with Crippen molar-refractivity contribution in [2.45, 2.75) is 32.2 Å². The zero-order valence-electron chi connectivity index (χ0n) is 14.3. The molecule has 1 aliphatic rings. The normalized spacial score (nSPS) is 20.5. The van der Waals surface area contributed by atoms with Crippen LogP contribution < -0.4 is 10.9 Å². The topological polar surface area (TPSA) is 79.8 Å². The van der Waals surface area contributed by atoms with Crippen molar-refractivity contribution in [3.05, 3.63) is 51.9 Å². The first-order valence-corrected chi connectivity index (χ1v) is 9.05. The Morgan fingerprint density at radius 3 is 2.73 bits per heavy atom. The molecule has 1 aromatic carbocycles. The van der Waals surface area contributed by atoms with Crippen LogP contribution in [0, 0.1) is 5.92 Å². The zero-order chi connectivity index (χ0) is 18.3. The highest BCUT2D eigenvalue weighted by Crippen LogP contribution is 2.35. The molecule has 2 N–H and O–H groups in total. The Morgan fingerprint density at radius 2 is 2.00 bits per heavy atom. The molecule has 0 saturated heterocycles. The van der Waals surface area contributed by atoms with Gasteiger partial charge in [-0.2, -0.15) is 5.10 Å². The Bertz CT molecular complexity index is 1020. The van der Waals surface area contributed by atoms with Crippen molar-refractivity contribution in [1.82, 2.24) is 14.8 Å². The van der Waals surface area contributed by atoms with E-state index in [9.17, 15) is 9.59 Å². The maximum absolute atomic E-state index is 12.4. The van der Waals surface area contributed by atoms with Crippen LogP contribution in [0.25, 0.3) is 10.9 Å². The molecule has 0 aliphatic heterocycles. The quantitative estimate of drug-likeness (QED) is 0.728. The summed E-state index contributed by atoms with van der Waals surface area (Å²) in [5.41, 5.74) is 1.39. The van der Waals surface area contributed by atoms with E-state index < -0.39 is 0 Å². The molecule has 0 radical (unpaired) electrons. The Balaban J connectivity index is 1.80. The summed E-state index contributed by atoms with van der Waals surface area (Å²) < 4.78 is 1.90. The Hall–Kier alpha value is -2.60. The smallest absolute Gasteiger partial charge is 0.261 e. The Labute approximate surface area is 155 Å². The van der Waals surface area contributed by atoms with Gasteiger partial charge in [-0.15, -0.1) is 0 Å². The number of fused-ring (bicyclic) bond motifs is 1. The average molecular weight is 371 g/mol. The number of nitrogens with one attached hydrogen (secondary N) is 2. The summed E-state index contributed by atoms with van der Waals surface area (Å²) in [6, 6.07) is 9.19. The SMILES string of the molecule is CC1CC(=O)CCC1n1nc(Nc2ccc(Cl)cc2)c2c(=O)[nH]ccc21. The van der Waals surface area contributed by atoms with Crippen LogP contribution in [0.5, 0.6) is 0 Å². The van der Waals surface area contributed by atoms with Crippen molar-refractivity contribution in [3.8, 4) is 0 Å². The lowest BCUT2D eigenvalue weighted by Gasteiger charge is -2.28. The van der Waals surface area contributed by atoms with E-state index in [1.165, 1.54) is 0 Å². The van der Waals surface area contributed by atoms with Gasteiger partial charge in [-0.3, -0.25) is 14.3 Å². The number of aromatic nitrogens is 3. The van der Waals surface area contributed by atoms with Crippen LogP contribution in [0.4, 0.5) is 11.5 Å². The maximum Gasteiger partial charge on any atom is 0.261 e. The largest absolute Gasteiger partial charge is 0.338 e. The van der Waals surface area contributed by atoms with E-state index in [1.807, 2.05) is 22.9 Å². The van der Waals surface area contributed by atoms with Gasteiger partial charge in [0, 0.05) is 29.7 Å². The molecule has 0 amide bonds. The Kier molecular flexibility index (Phi) is 4.28. The minimum Gasteiger partial charge on any atom is -0.338 e. The number of hydrogen-bond donors (Lipinski definition) is 2. The fraction of sp³-hybridized carbons (Fsp3) is 0.316. The first kappa shape index (κ1) is 16.8. The van der Waals surface area contributed by atoms with E-state index in [4.69, 9.17) is 16.7 Å². The summed E-state index contributed by atoms with van der Waals surface area (Å²) in [6.45, 7) is 2.06. The maximum atomic E-state index is 12.4. The fourth-order valence-electron chi connectivity index (χ4n) is 3.66. The monoisotopic (exact) mass is 370 g/mol. The molecule has 2 aromatic heterocycles. The van der Waals surface area contributed by atoms with E-state index in [1.54, 1.807) is 18.3 Å². The summed E-state index contributed by atoms with van der Waals surface area (Å²) in [5, 5.41) is 9.09. The molecule has 134 valence electrons. The fourth-order valence-corrected chi connectivity index (χ4v) is 3.79. The summed E-state index contributed by atoms with van der Waals surface area (Å²) >= 11 is 5.94.